The van der Waals surface area contributed by atoms with Crippen LogP contribution in [0.2, 0.25) is 28.2 Å². The number of anilines is 2. The fraction of sp³-hybridized carbons (Fsp3) is 0.516. The Morgan fingerprint density at radius 3 is 1.39 bits per heavy atom. The zero-order valence-electron chi connectivity index (χ0n) is 47.3. The summed E-state index contributed by atoms with van der Waals surface area (Å²) in [4.78, 5) is 36.9. The summed E-state index contributed by atoms with van der Waals surface area (Å²) in [5.41, 5.74) is 20.9. The van der Waals surface area contributed by atoms with Crippen LogP contribution in [-0.2, 0) is 13.9 Å². The summed E-state index contributed by atoms with van der Waals surface area (Å²) in [6.07, 6.45) is 6.18. The molecule has 4 aromatic carbocycles. The maximum Gasteiger partial charge on any atom is 0.338 e. The van der Waals surface area contributed by atoms with Gasteiger partial charge in [-0.25, -0.2) is 9.59 Å². The first-order valence-corrected chi connectivity index (χ1v) is 31.4. The number of rotatable bonds is 17. The van der Waals surface area contributed by atoms with Crippen molar-refractivity contribution in [1.82, 2.24) is 9.80 Å². The lowest BCUT2D eigenvalue weighted by Crippen LogP contribution is -2.47. The molecule has 12 nitrogen and oxygen atoms in total. The molecular weight excluding hydrogens is 1020 g/mol. The molecule has 0 saturated carbocycles. The molecule has 0 N–H and O–H groups in total. The van der Waals surface area contributed by atoms with Crippen molar-refractivity contribution in [3.63, 3.8) is 0 Å². The van der Waals surface area contributed by atoms with Crippen LogP contribution in [0.3, 0.4) is 0 Å². The van der Waals surface area contributed by atoms with Gasteiger partial charge >= 0.3 is 11.9 Å². The topological polar surface area (TPSA) is 124 Å². The average Bonchev–Trinajstić information content (AvgIpc) is 3.43. The van der Waals surface area contributed by atoms with E-state index in [4.69, 9.17) is 42.6 Å². The summed E-state index contributed by atoms with van der Waals surface area (Å²) in [5.74, 6) is -0.540. The average molecular weight is 1110 g/mol. The number of halogens is 2. The minimum Gasteiger partial charge on any atom is -0.462 e. The van der Waals surface area contributed by atoms with Crippen molar-refractivity contribution in [1.29, 1.82) is 0 Å². The Hall–Kier alpha value is -5.11. The van der Waals surface area contributed by atoms with Gasteiger partial charge in [-0.15, -0.1) is 0 Å². The zero-order valence-corrected chi connectivity index (χ0v) is 49.8. The third-order valence-electron chi connectivity index (χ3n) is 16.6. The molecule has 2 atom stereocenters. The standard InChI is InChI=1S/C34H49ClN2O3Si.C28H34ClN5O2/c1-8-39-32(38)27-11-15-30(16-12-27)37-21-19-36(20-22-37)24-28-23-34(5,25-40-41(6,7)33(2,3)4)18-17-31(28)26-9-13-29(35)14-10-26;1-3-36-27(35)22-6-10-25(11-7-22)34-16-14-33(15-17-34)19-23-18-28(2,20-31-32-30)13-12-26(23)21-4-8-24(29)9-5-21/h9-16H,8,17-25H2,1-7H3;4-11H,3,12-20H2,1-2H3. The normalized spacial score (nSPS) is 20.8. The van der Waals surface area contributed by atoms with Crippen molar-refractivity contribution in [2.45, 2.75) is 105 Å². The van der Waals surface area contributed by atoms with E-state index in [1.807, 2.05) is 86.6 Å². The first kappa shape index (κ1) is 59.5. The van der Waals surface area contributed by atoms with Gasteiger partial charge in [-0.1, -0.05) is 98.3 Å². The highest BCUT2D eigenvalue weighted by Crippen LogP contribution is 2.46. The summed E-state index contributed by atoms with van der Waals surface area (Å²) in [7, 11) is -1.81. The van der Waals surface area contributed by atoms with Crippen LogP contribution in [0.1, 0.15) is 119 Å². The number of carbonyl (C=O) groups excluding carboxylic acids is 2. The molecule has 2 heterocycles. The maximum absolute atomic E-state index is 12.0. The van der Waals surface area contributed by atoms with Crippen molar-refractivity contribution in [2.24, 2.45) is 15.9 Å². The largest absolute Gasteiger partial charge is 0.462 e. The Bertz CT molecular complexity index is 2720. The van der Waals surface area contributed by atoms with Crippen LogP contribution >= 0.6 is 23.2 Å². The molecule has 2 aliphatic heterocycles. The van der Waals surface area contributed by atoms with Crippen LogP contribution in [0.4, 0.5) is 11.4 Å². The molecule has 0 amide bonds. The quantitative estimate of drug-likeness (QED) is 0.0334. The van der Waals surface area contributed by atoms with Crippen LogP contribution in [0.15, 0.2) is 113 Å². The lowest BCUT2D eigenvalue weighted by Gasteiger charge is -2.43. The highest BCUT2D eigenvalue weighted by atomic mass is 35.5. The van der Waals surface area contributed by atoms with E-state index >= 15 is 0 Å². The first-order valence-electron chi connectivity index (χ1n) is 27.8. The van der Waals surface area contributed by atoms with Crippen molar-refractivity contribution in [3.8, 4) is 0 Å². The third kappa shape index (κ3) is 16.2. The fourth-order valence-electron chi connectivity index (χ4n) is 10.9. The number of esters is 2. The van der Waals surface area contributed by atoms with Gasteiger partial charge in [-0.05, 0) is 182 Å². The molecule has 8 rings (SSSR count). The van der Waals surface area contributed by atoms with Gasteiger partial charge in [0.2, 0.25) is 0 Å². The summed E-state index contributed by atoms with van der Waals surface area (Å²) in [5, 5.41) is 5.66. The van der Waals surface area contributed by atoms with Crippen molar-refractivity contribution in [2.75, 3.05) is 102 Å². The van der Waals surface area contributed by atoms with E-state index in [2.05, 4.69) is 102 Å². The predicted molar refractivity (Wildman–Crippen MR) is 320 cm³/mol. The lowest BCUT2D eigenvalue weighted by atomic mass is 9.71. The lowest BCUT2D eigenvalue weighted by molar-refractivity contribution is 0.0517. The van der Waals surface area contributed by atoms with Gasteiger partial charge in [-0.2, -0.15) is 0 Å². The number of allylic oxidation sites excluding steroid dienone is 2. The maximum atomic E-state index is 12.0. The minimum absolute atomic E-state index is 0.0139. The van der Waals surface area contributed by atoms with E-state index in [1.54, 1.807) is 5.57 Å². The Morgan fingerprint density at radius 1 is 0.623 bits per heavy atom. The van der Waals surface area contributed by atoms with Crippen molar-refractivity contribution < 1.29 is 23.5 Å². The zero-order chi connectivity index (χ0) is 55.4. The predicted octanol–water partition coefficient (Wildman–Crippen LogP) is 14.9. The van der Waals surface area contributed by atoms with Gasteiger partial charge in [-0.3, -0.25) is 9.80 Å². The van der Waals surface area contributed by atoms with Gasteiger partial charge in [0, 0.05) is 105 Å². The number of benzene rings is 4. The molecule has 0 aromatic heterocycles. The molecule has 414 valence electrons. The van der Waals surface area contributed by atoms with E-state index < -0.39 is 8.32 Å². The van der Waals surface area contributed by atoms with E-state index in [0.717, 1.165) is 132 Å². The van der Waals surface area contributed by atoms with Crippen molar-refractivity contribution in [3.05, 3.63) is 151 Å². The number of azide groups is 1. The number of nitrogens with zero attached hydrogens (tertiary/aromatic N) is 7. The van der Waals surface area contributed by atoms with Crippen LogP contribution in [0.5, 0.6) is 0 Å². The van der Waals surface area contributed by atoms with Crippen LogP contribution in [0, 0.1) is 10.8 Å². The van der Waals surface area contributed by atoms with Gasteiger partial charge in [0.25, 0.3) is 0 Å². The second-order valence-corrected chi connectivity index (χ2v) is 29.3. The SMILES string of the molecule is CCOC(=O)c1ccc(N2CCN(CC3=C(c4ccc(Cl)cc4)CCC(C)(CN=[N+]=[N-])C3)CC2)cc1.CCOC(=O)c1ccc(N2CCN(CC3=C(c4ccc(Cl)cc4)CCC(C)(CO[Si](C)(C)C(C)(C)C)C3)CC2)cc1. The molecule has 15 heteroatoms. The number of hydrogen-bond acceptors (Lipinski definition) is 10. The summed E-state index contributed by atoms with van der Waals surface area (Å²) >= 11 is 12.4. The molecule has 77 heavy (non-hydrogen) atoms. The number of ether oxygens (including phenoxy) is 2. The van der Waals surface area contributed by atoms with E-state index in [-0.39, 0.29) is 27.8 Å². The smallest absolute Gasteiger partial charge is 0.338 e. The molecule has 2 fully saturated rings. The van der Waals surface area contributed by atoms with Gasteiger partial charge < -0.3 is 23.7 Å². The molecular formula is C62H83Cl2N7O5Si. The number of hydrogen-bond donors (Lipinski definition) is 0. The molecule has 4 aromatic rings. The van der Waals surface area contributed by atoms with Crippen LogP contribution in [-0.4, -0.2) is 122 Å². The van der Waals surface area contributed by atoms with Gasteiger partial charge in [0.15, 0.2) is 8.32 Å². The Morgan fingerprint density at radius 2 is 1.01 bits per heavy atom. The molecule has 4 aliphatic rings. The van der Waals surface area contributed by atoms with Crippen LogP contribution in [0.25, 0.3) is 21.6 Å². The summed E-state index contributed by atoms with van der Waals surface area (Å²) in [6, 6.07) is 32.1. The molecule has 0 radical (unpaired) electrons. The van der Waals surface area contributed by atoms with E-state index in [0.29, 0.717) is 30.9 Å². The van der Waals surface area contributed by atoms with Gasteiger partial charge in [0.05, 0.1) is 24.3 Å². The van der Waals surface area contributed by atoms with Crippen LogP contribution < -0.4 is 9.80 Å². The molecule has 2 aliphatic carbocycles. The Balaban J connectivity index is 0.000000225. The summed E-state index contributed by atoms with van der Waals surface area (Å²) in [6.45, 7) is 31.7. The monoisotopic (exact) mass is 1100 g/mol. The van der Waals surface area contributed by atoms with E-state index in [9.17, 15) is 9.59 Å². The summed E-state index contributed by atoms with van der Waals surface area (Å²) < 4.78 is 17.0. The fourth-order valence-corrected chi connectivity index (χ4v) is 12.3. The number of carbonyl (C=O) groups is 2. The van der Waals surface area contributed by atoms with E-state index in [1.165, 1.54) is 27.8 Å². The molecule has 2 unspecified atom stereocenters. The highest BCUT2D eigenvalue weighted by molar-refractivity contribution is 6.74. The highest BCUT2D eigenvalue weighted by Gasteiger charge is 2.41. The Labute approximate surface area is 470 Å². The Kier molecular flexibility index (Phi) is 20.6. The molecule has 2 saturated heterocycles. The number of piperazine rings is 2. The first-order chi connectivity index (χ1) is 36.7. The van der Waals surface area contributed by atoms with Crippen molar-refractivity contribution >= 4 is 66.0 Å². The van der Waals surface area contributed by atoms with Gasteiger partial charge in [0.1, 0.15) is 0 Å². The minimum atomic E-state index is -1.81. The molecule has 0 spiro atoms. The molecule has 0 bridgehead atoms. The second kappa shape index (κ2) is 26.7. The second-order valence-electron chi connectivity index (χ2n) is 23.7. The third-order valence-corrected chi connectivity index (χ3v) is 21.6.